The average molecular weight is 260 g/mol. The second-order valence-electron chi connectivity index (χ2n) is 3.64. The topological polar surface area (TPSA) is 12.0 Å². The van der Waals surface area contributed by atoms with E-state index in [0.717, 1.165) is 23.0 Å². The maximum atomic E-state index is 13.0. The van der Waals surface area contributed by atoms with Crippen molar-refractivity contribution in [1.29, 1.82) is 0 Å². The predicted octanol–water partition coefficient (Wildman–Crippen LogP) is 3.13. The van der Waals surface area contributed by atoms with E-state index in [9.17, 15) is 4.39 Å². The molecule has 0 fully saturated rings. The van der Waals surface area contributed by atoms with Crippen molar-refractivity contribution >= 4 is 15.9 Å². The Morgan fingerprint density at radius 3 is 2.64 bits per heavy atom. The zero-order valence-corrected chi connectivity index (χ0v) is 10.1. The number of benzene rings is 1. The van der Waals surface area contributed by atoms with Gasteiger partial charge in [0.15, 0.2) is 0 Å². The highest BCUT2D eigenvalue weighted by Gasteiger charge is 1.99. The molecule has 0 spiro atoms. The number of hydrogen-bond donors (Lipinski definition) is 1. The molecule has 0 aliphatic heterocycles. The number of nitrogens with one attached hydrogen (secondary N) is 1. The van der Waals surface area contributed by atoms with Gasteiger partial charge in [-0.1, -0.05) is 29.8 Å². The quantitative estimate of drug-likeness (QED) is 0.877. The van der Waals surface area contributed by atoms with Crippen LogP contribution in [0.2, 0.25) is 0 Å². The molecule has 0 aliphatic rings. The summed E-state index contributed by atoms with van der Waals surface area (Å²) < 4.78 is 13.8. The molecule has 0 unspecified atom stereocenters. The first-order chi connectivity index (χ1) is 6.58. The minimum Gasteiger partial charge on any atom is -0.314 e. The Bertz CT molecular complexity index is 279. The molecule has 1 rings (SSSR count). The highest BCUT2D eigenvalue weighted by Crippen LogP contribution is 2.14. The maximum absolute atomic E-state index is 13.0. The minimum atomic E-state index is -0.182. The molecule has 0 amide bonds. The molecule has 3 heteroatoms. The van der Waals surface area contributed by atoms with Crippen LogP contribution < -0.4 is 5.32 Å². The Kier molecular flexibility index (Phi) is 4.55. The number of rotatable bonds is 4. The fourth-order valence-electron chi connectivity index (χ4n) is 1.26. The molecule has 0 heterocycles. The third-order valence-electron chi connectivity index (χ3n) is 1.89. The van der Waals surface area contributed by atoms with Gasteiger partial charge in [0.1, 0.15) is 5.82 Å². The first kappa shape index (κ1) is 11.7. The lowest BCUT2D eigenvalue weighted by Crippen LogP contribution is -2.24. The highest BCUT2D eigenvalue weighted by atomic mass is 79.9. The van der Waals surface area contributed by atoms with Gasteiger partial charge in [-0.3, -0.25) is 0 Å². The summed E-state index contributed by atoms with van der Waals surface area (Å²) in [7, 11) is 0. The van der Waals surface area contributed by atoms with Gasteiger partial charge in [0.2, 0.25) is 0 Å². The summed E-state index contributed by atoms with van der Waals surface area (Å²) in [6.45, 7) is 5.08. The molecule has 1 N–H and O–H groups in total. The SMILES string of the molecule is CC(C)NCCc1cc(F)cc(Br)c1. The Morgan fingerprint density at radius 2 is 2.07 bits per heavy atom. The van der Waals surface area contributed by atoms with E-state index >= 15 is 0 Å². The Labute approximate surface area is 92.8 Å². The first-order valence-electron chi connectivity index (χ1n) is 4.76. The van der Waals surface area contributed by atoms with E-state index < -0.39 is 0 Å². The summed E-state index contributed by atoms with van der Waals surface area (Å²) in [5.74, 6) is -0.182. The van der Waals surface area contributed by atoms with Crippen LogP contribution in [0.25, 0.3) is 0 Å². The fraction of sp³-hybridized carbons (Fsp3) is 0.455. The lowest BCUT2D eigenvalue weighted by molar-refractivity contribution is 0.587. The number of hydrogen-bond acceptors (Lipinski definition) is 1. The molecule has 0 bridgehead atoms. The first-order valence-corrected chi connectivity index (χ1v) is 5.55. The molecular formula is C11H15BrFN. The normalized spacial score (nSPS) is 10.9. The molecule has 1 aromatic rings. The summed E-state index contributed by atoms with van der Waals surface area (Å²) in [5.41, 5.74) is 1.02. The van der Waals surface area contributed by atoms with Crippen LogP contribution in [-0.4, -0.2) is 12.6 Å². The van der Waals surface area contributed by atoms with Crippen molar-refractivity contribution in [3.8, 4) is 0 Å². The van der Waals surface area contributed by atoms with Gasteiger partial charge in [0, 0.05) is 10.5 Å². The van der Waals surface area contributed by atoms with E-state index in [4.69, 9.17) is 0 Å². The van der Waals surface area contributed by atoms with E-state index in [1.54, 1.807) is 6.07 Å². The van der Waals surface area contributed by atoms with Crippen molar-refractivity contribution < 1.29 is 4.39 Å². The molecule has 78 valence electrons. The van der Waals surface area contributed by atoms with Gasteiger partial charge < -0.3 is 5.32 Å². The number of halogens is 2. The molecule has 0 radical (unpaired) electrons. The van der Waals surface area contributed by atoms with Crippen molar-refractivity contribution in [3.63, 3.8) is 0 Å². The zero-order valence-electron chi connectivity index (χ0n) is 8.48. The fourth-order valence-corrected chi connectivity index (χ4v) is 1.77. The van der Waals surface area contributed by atoms with E-state index in [-0.39, 0.29) is 5.82 Å². The molecular weight excluding hydrogens is 245 g/mol. The second kappa shape index (κ2) is 5.47. The van der Waals surface area contributed by atoms with Crippen LogP contribution in [0.3, 0.4) is 0 Å². The summed E-state index contributed by atoms with van der Waals surface area (Å²) in [4.78, 5) is 0. The Hall–Kier alpha value is -0.410. The standard InChI is InChI=1S/C11H15BrFN/c1-8(2)14-4-3-9-5-10(12)7-11(13)6-9/h5-8,14H,3-4H2,1-2H3. The van der Waals surface area contributed by atoms with Crippen molar-refractivity contribution in [2.75, 3.05) is 6.54 Å². The molecule has 0 saturated carbocycles. The lowest BCUT2D eigenvalue weighted by Gasteiger charge is -2.08. The summed E-state index contributed by atoms with van der Waals surface area (Å²) in [6.07, 6.45) is 0.856. The largest absolute Gasteiger partial charge is 0.314 e. The second-order valence-corrected chi connectivity index (χ2v) is 4.55. The molecule has 0 aliphatic carbocycles. The van der Waals surface area contributed by atoms with Gasteiger partial charge in [-0.25, -0.2) is 4.39 Å². The molecule has 0 aromatic heterocycles. The van der Waals surface area contributed by atoms with Crippen molar-refractivity contribution in [1.82, 2.24) is 5.32 Å². The van der Waals surface area contributed by atoms with Gasteiger partial charge in [-0.15, -0.1) is 0 Å². The predicted molar refractivity (Wildman–Crippen MR) is 60.9 cm³/mol. The van der Waals surface area contributed by atoms with Gasteiger partial charge in [-0.2, -0.15) is 0 Å². The molecule has 0 saturated heterocycles. The monoisotopic (exact) mass is 259 g/mol. The van der Waals surface area contributed by atoms with Gasteiger partial charge in [0.05, 0.1) is 0 Å². The highest BCUT2D eigenvalue weighted by molar-refractivity contribution is 9.10. The molecule has 1 aromatic carbocycles. The van der Waals surface area contributed by atoms with Crippen LogP contribution in [0, 0.1) is 5.82 Å². The summed E-state index contributed by atoms with van der Waals surface area (Å²) >= 11 is 3.27. The van der Waals surface area contributed by atoms with Gasteiger partial charge in [-0.05, 0) is 36.7 Å². The smallest absolute Gasteiger partial charge is 0.124 e. The van der Waals surface area contributed by atoms with Crippen LogP contribution in [0.15, 0.2) is 22.7 Å². The van der Waals surface area contributed by atoms with E-state index in [0.29, 0.717) is 6.04 Å². The maximum Gasteiger partial charge on any atom is 0.124 e. The van der Waals surface area contributed by atoms with E-state index in [2.05, 4.69) is 35.1 Å². The minimum absolute atomic E-state index is 0.182. The lowest BCUT2D eigenvalue weighted by atomic mass is 10.1. The van der Waals surface area contributed by atoms with Crippen LogP contribution >= 0.6 is 15.9 Å². The zero-order chi connectivity index (χ0) is 10.6. The molecule has 0 atom stereocenters. The van der Waals surface area contributed by atoms with Gasteiger partial charge in [0.25, 0.3) is 0 Å². The van der Waals surface area contributed by atoms with Crippen LogP contribution in [0.5, 0.6) is 0 Å². The Balaban J connectivity index is 2.50. The summed E-state index contributed by atoms with van der Waals surface area (Å²) in [5, 5.41) is 3.30. The third-order valence-corrected chi connectivity index (χ3v) is 2.35. The van der Waals surface area contributed by atoms with Crippen molar-refractivity contribution in [2.24, 2.45) is 0 Å². The van der Waals surface area contributed by atoms with E-state index in [1.807, 2.05) is 6.07 Å². The third kappa shape index (κ3) is 4.20. The van der Waals surface area contributed by atoms with Crippen molar-refractivity contribution in [3.05, 3.63) is 34.1 Å². The average Bonchev–Trinajstić information content (AvgIpc) is 2.01. The van der Waals surface area contributed by atoms with E-state index in [1.165, 1.54) is 6.07 Å². The summed E-state index contributed by atoms with van der Waals surface area (Å²) in [6, 6.07) is 5.48. The molecule has 14 heavy (non-hydrogen) atoms. The van der Waals surface area contributed by atoms with Crippen LogP contribution in [0.1, 0.15) is 19.4 Å². The van der Waals surface area contributed by atoms with Crippen LogP contribution in [0.4, 0.5) is 4.39 Å². The van der Waals surface area contributed by atoms with Gasteiger partial charge >= 0.3 is 0 Å². The Morgan fingerprint density at radius 1 is 1.36 bits per heavy atom. The molecule has 1 nitrogen and oxygen atoms in total. The van der Waals surface area contributed by atoms with Crippen LogP contribution in [-0.2, 0) is 6.42 Å². The van der Waals surface area contributed by atoms with Crippen molar-refractivity contribution in [2.45, 2.75) is 26.3 Å².